The number of aromatic nitrogens is 2. The van der Waals surface area contributed by atoms with Crippen molar-refractivity contribution in [1.82, 2.24) is 15.1 Å². The Morgan fingerprint density at radius 1 is 1.65 bits per heavy atom. The topological polar surface area (TPSA) is 111 Å². The van der Waals surface area contributed by atoms with Crippen LogP contribution in [0.2, 0.25) is 0 Å². The van der Waals surface area contributed by atoms with Gasteiger partial charge in [-0.15, -0.1) is 24.0 Å². The Balaban J connectivity index is 0.00000200. The van der Waals surface area contributed by atoms with E-state index in [-0.39, 0.29) is 29.7 Å². The molecule has 1 fully saturated rings. The van der Waals surface area contributed by atoms with Crippen molar-refractivity contribution >= 4 is 35.6 Å². The van der Waals surface area contributed by atoms with Gasteiger partial charge in [-0.25, -0.2) is 0 Å². The van der Waals surface area contributed by atoms with Gasteiger partial charge in [0, 0.05) is 13.1 Å². The monoisotopic (exact) mass is 394 g/mol. The van der Waals surface area contributed by atoms with E-state index in [0.29, 0.717) is 25.0 Å². The molecule has 0 amide bonds. The van der Waals surface area contributed by atoms with E-state index >= 15 is 0 Å². The Labute approximate surface area is 134 Å². The van der Waals surface area contributed by atoms with Crippen LogP contribution in [0.3, 0.4) is 0 Å². The van der Waals surface area contributed by atoms with Crippen LogP contribution in [0.15, 0.2) is 17.4 Å². The molecule has 0 aliphatic heterocycles. The molecule has 112 valence electrons. The fraction of sp³-hybridized carbons (Fsp3) is 0.636. The summed E-state index contributed by atoms with van der Waals surface area (Å²) in [5, 5.41) is 17.3. The van der Waals surface area contributed by atoms with E-state index in [2.05, 4.69) is 15.4 Å². The molecule has 0 unspecified atom stereocenters. The summed E-state index contributed by atoms with van der Waals surface area (Å²) in [4.78, 5) is 14.3. The summed E-state index contributed by atoms with van der Waals surface area (Å²) in [5.74, 6) is 1.11. The molecule has 8 nitrogen and oxygen atoms in total. The fourth-order valence-electron chi connectivity index (χ4n) is 1.83. The van der Waals surface area contributed by atoms with Crippen LogP contribution in [-0.2, 0) is 6.54 Å². The first-order chi connectivity index (χ1) is 9.15. The highest BCUT2D eigenvalue weighted by Crippen LogP contribution is 2.26. The molecule has 1 aliphatic carbocycles. The zero-order valence-electron chi connectivity index (χ0n) is 11.1. The minimum atomic E-state index is -0.467. The lowest BCUT2D eigenvalue weighted by Crippen LogP contribution is -2.35. The molecule has 1 heterocycles. The van der Waals surface area contributed by atoms with E-state index < -0.39 is 4.92 Å². The van der Waals surface area contributed by atoms with Gasteiger partial charge in [-0.1, -0.05) is 6.42 Å². The lowest BCUT2D eigenvalue weighted by Gasteiger charge is -2.23. The highest BCUT2D eigenvalue weighted by atomic mass is 127. The maximum Gasteiger partial charge on any atom is 0.306 e. The number of nitrogens with zero attached hydrogens (tertiary/aromatic N) is 4. The van der Waals surface area contributed by atoms with Gasteiger partial charge in [-0.3, -0.25) is 19.8 Å². The Bertz CT molecular complexity index is 471. The van der Waals surface area contributed by atoms with Gasteiger partial charge in [0.05, 0.1) is 11.5 Å². The molecule has 9 heteroatoms. The molecule has 0 bridgehead atoms. The Morgan fingerprint density at radius 2 is 2.40 bits per heavy atom. The van der Waals surface area contributed by atoms with Gasteiger partial charge >= 0.3 is 5.69 Å². The molecule has 20 heavy (non-hydrogen) atoms. The number of rotatable bonds is 6. The standard InChI is InChI=1S/C11H18N6O2.HI/c12-11(14-6-9-2-1-3-9)13-4-5-16-8-10(7-15-16)17(18)19;/h7-9H,1-6H2,(H3,12,13,14);1H. The van der Waals surface area contributed by atoms with E-state index in [1.807, 2.05) is 0 Å². The third-order valence-electron chi connectivity index (χ3n) is 3.22. The van der Waals surface area contributed by atoms with Gasteiger partial charge in [0.1, 0.15) is 12.4 Å². The van der Waals surface area contributed by atoms with E-state index in [0.717, 1.165) is 6.54 Å². The minimum Gasteiger partial charge on any atom is -0.370 e. The molecule has 2 rings (SSSR count). The van der Waals surface area contributed by atoms with Gasteiger partial charge < -0.3 is 11.1 Å². The van der Waals surface area contributed by atoms with Crippen molar-refractivity contribution in [1.29, 1.82) is 0 Å². The summed E-state index contributed by atoms with van der Waals surface area (Å²) in [6, 6.07) is 0. The number of hydrogen-bond donors (Lipinski definition) is 2. The Kier molecular flexibility index (Phi) is 6.68. The zero-order valence-corrected chi connectivity index (χ0v) is 13.4. The van der Waals surface area contributed by atoms with Gasteiger partial charge in [-0.05, 0) is 18.8 Å². The quantitative estimate of drug-likeness (QED) is 0.247. The summed E-state index contributed by atoms with van der Waals surface area (Å²) in [5.41, 5.74) is 5.71. The number of nitro groups is 1. The molecular weight excluding hydrogens is 375 g/mol. The summed E-state index contributed by atoms with van der Waals surface area (Å²) >= 11 is 0. The van der Waals surface area contributed by atoms with Crippen molar-refractivity contribution in [2.75, 3.05) is 13.1 Å². The molecule has 1 aromatic heterocycles. The first-order valence-corrected chi connectivity index (χ1v) is 6.36. The summed E-state index contributed by atoms with van der Waals surface area (Å²) < 4.78 is 1.50. The SMILES string of the molecule is I.NC(=NCC1CCC1)NCCn1cc([N+](=O)[O-])cn1. The van der Waals surface area contributed by atoms with E-state index in [4.69, 9.17) is 5.73 Å². The fourth-order valence-corrected chi connectivity index (χ4v) is 1.83. The normalized spacial score (nSPS) is 15.3. The maximum atomic E-state index is 10.5. The third-order valence-corrected chi connectivity index (χ3v) is 3.22. The number of aliphatic imine (C=N–C) groups is 1. The average Bonchev–Trinajstić information content (AvgIpc) is 2.76. The van der Waals surface area contributed by atoms with Gasteiger partial charge in [0.2, 0.25) is 0 Å². The zero-order chi connectivity index (χ0) is 13.7. The second-order valence-electron chi connectivity index (χ2n) is 4.67. The van der Waals surface area contributed by atoms with Crippen molar-refractivity contribution in [3.63, 3.8) is 0 Å². The second kappa shape index (κ2) is 8.02. The van der Waals surface area contributed by atoms with Crippen LogP contribution in [0.25, 0.3) is 0 Å². The summed E-state index contributed by atoms with van der Waals surface area (Å²) in [7, 11) is 0. The van der Waals surface area contributed by atoms with Crippen molar-refractivity contribution in [3.8, 4) is 0 Å². The molecule has 0 aromatic carbocycles. The molecule has 1 saturated carbocycles. The number of halogens is 1. The number of nitrogens with two attached hydrogens (primary N) is 1. The van der Waals surface area contributed by atoms with Crippen LogP contribution in [0.1, 0.15) is 19.3 Å². The molecule has 0 saturated heterocycles. The lowest BCUT2D eigenvalue weighted by atomic mass is 9.86. The van der Waals surface area contributed by atoms with Crippen LogP contribution in [0.5, 0.6) is 0 Å². The molecule has 0 atom stereocenters. The van der Waals surface area contributed by atoms with Crippen LogP contribution in [-0.4, -0.2) is 33.8 Å². The number of guanidine groups is 1. The van der Waals surface area contributed by atoms with Gasteiger partial charge in [-0.2, -0.15) is 5.10 Å². The van der Waals surface area contributed by atoms with Crippen molar-refractivity contribution in [3.05, 3.63) is 22.5 Å². The largest absolute Gasteiger partial charge is 0.370 e. The molecular formula is C11H19IN6O2. The highest BCUT2D eigenvalue weighted by molar-refractivity contribution is 14.0. The Hall–Kier alpha value is -1.39. The van der Waals surface area contributed by atoms with Crippen LogP contribution >= 0.6 is 24.0 Å². The molecule has 1 aromatic rings. The smallest absolute Gasteiger partial charge is 0.306 e. The number of hydrogen-bond acceptors (Lipinski definition) is 4. The van der Waals surface area contributed by atoms with Crippen molar-refractivity contribution in [2.24, 2.45) is 16.6 Å². The molecule has 1 aliphatic rings. The second-order valence-corrected chi connectivity index (χ2v) is 4.67. The van der Waals surface area contributed by atoms with Crippen LogP contribution < -0.4 is 11.1 Å². The van der Waals surface area contributed by atoms with Crippen molar-refractivity contribution in [2.45, 2.75) is 25.8 Å². The maximum absolute atomic E-state index is 10.5. The van der Waals surface area contributed by atoms with Gasteiger partial charge in [0.15, 0.2) is 5.96 Å². The average molecular weight is 394 g/mol. The minimum absolute atomic E-state index is 0. The molecule has 0 radical (unpaired) electrons. The number of nitrogens with one attached hydrogen (secondary N) is 1. The van der Waals surface area contributed by atoms with E-state index in [1.54, 1.807) is 0 Å². The van der Waals surface area contributed by atoms with Crippen LogP contribution in [0.4, 0.5) is 5.69 Å². The molecule has 3 N–H and O–H groups in total. The van der Waals surface area contributed by atoms with Crippen LogP contribution in [0, 0.1) is 16.0 Å². The highest BCUT2D eigenvalue weighted by Gasteiger charge is 2.16. The van der Waals surface area contributed by atoms with Gasteiger partial charge in [0.25, 0.3) is 0 Å². The third kappa shape index (κ3) is 4.94. The summed E-state index contributed by atoms with van der Waals surface area (Å²) in [6.07, 6.45) is 6.41. The Morgan fingerprint density at radius 3 is 2.95 bits per heavy atom. The predicted octanol–water partition coefficient (Wildman–Crippen LogP) is 1.11. The first kappa shape index (κ1) is 16.7. The van der Waals surface area contributed by atoms with E-state index in [9.17, 15) is 10.1 Å². The lowest BCUT2D eigenvalue weighted by molar-refractivity contribution is -0.385. The predicted molar refractivity (Wildman–Crippen MR) is 86.1 cm³/mol. The summed E-state index contributed by atoms with van der Waals surface area (Å²) in [6.45, 7) is 1.83. The van der Waals surface area contributed by atoms with E-state index in [1.165, 1.54) is 36.3 Å². The van der Waals surface area contributed by atoms with Crippen molar-refractivity contribution < 1.29 is 4.92 Å². The molecule has 0 spiro atoms. The first-order valence-electron chi connectivity index (χ1n) is 6.36.